The lowest BCUT2D eigenvalue weighted by Crippen LogP contribution is -2.29. The average Bonchev–Trinajstić information content (AvgIpc) is 3.18. The maximum atomic E-state index is 11.0. The van der Waals surface area contributed by atoms with Crippen LogP contribution >= 0.6 is 0 Å². The molecule has 1 aliphatic rings. The summed E-state index contributed by atoms with van der Waals surface area (Å²) in [4.78, 5) is 27.2. The minimum atomic E-state index is -0.435. The van der Waals surface area contributed by atoms with Gasteiger partial charge < -0.3 is 0 Å². The molecule has 152 valence electrons. The van der Waals surface area contributed by atoms with Gasteiger partial charge in [0.05, 0.1) is 21.6 Å². The van der Waals surface area contributed by atoms with Crippen LogP contribution in [0, 0.1) is 20.2 Å². The van der Waals surface area contributed by atoms with E-state index in [0.717, 1.165) is 23.2 Å². The van der Waals surface area contributed by atoms with Crippen molar-refractivity contribution in [3.63, 3.8) is 0 Å². The normalized spacial score (nSPS) is 18.3. The fraction of sp³-hybridized carbons (Fsp3) is 0.182. The highest BCUT2D eigenvalue weighted by atomic mass is 16.7. The van der Waals surface area contributed by atoms with Crippen LogP contribution in [0.2, 0.25) is 0 Å². The molecule has 0 amide bonds. The Morgan fingerprint density at radius 1 is 0.833 bits per heavy atom. The van der Waals surface area contributed by atoms with Crippen LogP contribution in [0.25, 0.3) is 0 Å². The lowest BCUT2D eigenvalue weighted by Gasteiger charge is -2.25. The van der Waals surface area contributed by atoms with Crippen LogP contribution in [0.1, 0.15) is 23.7 Å². The van der Waals surface area contributed by atoms with Gasteiger partial charge in [0.15, 0.2) is 0 Å². The first kappa shape index (κ1) is 19.5. The Hall–Kier alpha value is -3.78. The van der Waals surface area contributed by atoms with Gasteiger partial charge >= 0.3 is 0 Å². The molecule has 1 heterocycles. The molecule has 4 rings (SSSR count). The van der Waals surface area contributed by atoms with E-state index in [1.165, 1.54) is 24.3 Å². The van der Waals surface area contributed by atoms with Crippen LogP contribution in [-0.4, -0.2) is 15.9 Å². The summed E-state index contributed by atoms with van der Waals surface area (Å²) in [6, 6.07) is 22.6. The third kappa shape index (κ3) is 4.13. The lowest BCUT2D eigenvalue weighted by molar-refractivity contribution is -0.385. The third-order valence-electron chi connectivity index (χ3n) is 5.16. The summed E-state index contributed by atoms with van der Waals surface area (Å²) in [5, 5.41) is 23.7. The zero-order chi connectivity index (χ0) is 21.1. The van der Waals surface area contributed by atoms with Crippen molar-refractivity contribution in [2.75, 3.05) is 5.06 Å². The molecule has 8 nitrogen and oxygen atoms in total. The van der Waals surface area contributed by atoms with Crippen molar-refractivity contribution < 1.29 is 14.7 Å². The Balaban J connectivity index is 1.60. The molecule has 1 saturated heterocycles. The predicted molar refractivity (Wildman–Crippen MR) is 111 cm³/mol. The number of hydroxylamine groups is 1. The van der Waals surface area contributed by atoms with E-state index in [4.69, 9.17) is 4.84 Å². The Labute approximate surface area is 172 Å². The van der Waals surface area contributed by atoms with Gasteiger partial charge in [0.25, 0.3) is 11.4 Å². The number of hydrogen-bond donors (Lipinski definition) is 0. The molecule has 0 radical (unpaired) electrons. The van der Waals surface area contributed by atoms with E-state index >= 15 is 0 Å². The highest BCUT2D eigenvalue weighted by Gasteiger charge is 2.35. The van der Waals surface area contributed by atoms with Crippen LogP contribution in [0.3, 0.4) is 0 Å². The van der Waals surface area contributed by atoms with E-state index in [-0.39, 0.29) is 23.5 Å². The van der Waals surface area contributed by atoms with E-state index in [9.17, 15) is 20.2 Å². The van der Waals surface area contributed by atoms with Crippen LogP contribution in [0.15, 0.2) is 78.9 Å². The number of hydrogen-bond acceptors (Lipinski definition) is 6. The van der Waals surface area contributed by atoms with Crippen molar-refractivity contribution in [3.8, 4) is 0 Å². The summed E-state index contributed by atoms with van der Waals surface area (Å²) in [6.45, 7) is 0. The van der Waals surface area contributed by atoms with Crippen LogP contribution in [0.5, 0.6) is 0 Å². The molecule has 0 unspecified atom stereocenters. The fourth-order valence-corrected chi connectivity index (χ4v) is 3.66. The van der Waals surface area contributed by atoms with Crippen LogP contribution in [-0.2, 0) is 11.3 Å². The molecule has 3 aromatic rings. The molecular weight excluding hydrogens is 386 g/mol. The second-order valence-corrected chi connectivity index (χ2v) is 7.12. The second-order valence-electron chi connectivity index (χ2n) is 7.12. The summed E-state index contributed by atoms with van der Waals surface area (Å²) in [5.74, 6) is 0. The summed E-state index contributed by atoms with van der Waals surface area (Å²) in [6.07, 6.45) is 1.19. The molecule has 0 aromatic heterocycles. The minimum Gasteiger partial charge on any atom is -0.265 e. The highest BCUT2D eigenvalue weighted by Crippen LogP contribution is 2.38. The van der Waals surface area contributed by atoms with Crippen molar-refractivity contribution >= 4 is 17.1 Å². The van der Waals surface area contributed by atoms with E-state index in [2.05, 4.69) is 0 Å². The number of rotatable bonds is 6. The number of nitro benzene ring substituents is 2. The van der Waals surface area contributed by atoms with E-state index in [1.807, 2.05) is 30.3 Å². The first-order chi connectivity index (χ1) is 14.5. The molecule has 1 fully saturated rings. The molecule has 30 heavy (non-hydrogen) atoms. The van der Waals surface area contributed by atoms with E-state index in [0.29, 0.717) is 6.42 Å². The quantitative estimate of drug-likeness (QED) is 0.423. The molecule has 1 aliphatic heterocycles. The highest BCUT2D eigenvalue weighted by molar-refractivity contribution is 5.51. The molecule has 8 heteroatoms. The fourth-order valence-electron chi connectivity index (χ4n) is 3.66. The third-order valence-corrected chi connectivity index (χ3v) is 5.16. The summed E-state index contributed by atoms with van der Waals surface area (Å²) < 4.78 is 0. The van der Waals surface area contributed by atoms with Crippen molar-refractivity contribution in [3.05, 3.63) is 110 Å². The molecule has 0 spiro atoms. The maximum Gasteiger partial charge on any atom is 0.269 e. The zero-order valence-corrected chi connectivity index (χ0v) is 16.0. The first-order valence-electron chi connectivity index (χ1n) is 9.50. The standard InChI is InChI=1S/C22H19N3O5/c26-24(27)19-8-6-16(7-9-19)14-21-15-22(17-4-2-1-3-5-17)30-23(21)18-10-12-20(13-11-18)25(28)29/h1-13,21-22H,14-15H2/t21-,22-/m0/s1. The van der Waals surface area contributed by atoms with Gasteiger partial charge in [-0.25, -0.2) is 0 Å². The molecular formula is C22H19N3O5. The number of anilines is 1. The lowest BCUT2D eigenvalue weighted by atomic mass is 9.97. The van der Waals surface area contributed by atoms with Crippen molar-refractivity contribution in [2.24, 2.45) is 0 Å². The zero-order valence-electron chi connectivity index (χ0n) is 16.0. The van der Waals surface area contributed by atoms with Crippen molar-refractivity contribution in [1.82, 2.24) is 0 Å². The average molecular weight is 405 g/mol. The molecule has 0 bridgehead atoms. The van der Waals surface area contributed by atoms with Gasteiger partial charge in [0.1, 0.15) is 6.10 Å². The number of nitro groups is 2. The smallest absolute Gasteiger partial charge is 0.265 e. The van der Waals surface area contributed by atoms with Gasteiger partial charge in [0.2, 0.25) is 0 Å². The number of non-ortho nitro benzene ring substituents is 2. The largest absolute Gasteiger partial charge is 0.269 e. The Morgan fingerprint density at radius 2 is 1.40 bits per heavy atom. The van der Waals surface area contributed by atoms with Gasteiger partial charge in [-0.1, -0.05) is 42.5 Å². The van der Waals surface area contributed by atoms with Gasteiger partial charge in [-0.3, -0.25) is 30.1 Å². The molecule has 2 atom stereocenters. The van der Waals surface area contributed by atoms with Crippen molar-refractivity contribution in [1.29, 1.82) is 0 Å². The Morgan fingerprint density at radius 3 is 1.97 bits per heavy atom. The number of nitrogens with zero attached hydrogens (tertiary/aromatic N) is 3. The monoisotopic (exact) mass is 405 g/mol. The SMILES string of the molecule is O=[N+]([O-])c1ccc(C[C@H]2C[C@@H](c3ccccc3)ON2c2ccc([N+](=O)[O-])cc2)cc1. The Kier molecular flexibility index (Phi) is 5.40. The van der Waals surface area contributed by atoms with E-state index < -0.39 is 9.85 Å². The summed E-state index contributed by atoms with van der Waals surface area (Å²) in [5.41, 5.74) is 2.80. The summed E-state index contributed by atoms with van der Waals surface area (Å²) >= 11 is 0. The van der Waals surface area contributed by atoms with Gasteiger partial charge in [0, 0.05) is 30.7 Å². The van der Waals surface area contributed by atoms with Crippen molar-refractivity contribution in [2.45, 2.75) is 25.0 Å². The van der Waals surface area contributed by atoms with Gasteiger partial charge in [-0.05, 0) is 29.7 Å². The second kappa shape index (κ2) is 8.30. The molecule has 0 saturated carbocycles. The van der Waals surface area contributed by atoms with Gasteiger partial charge in [-0.2, -0.15) is 0 Å². The summed E-state index contributed by atoms with van der Waals surface area (Å²) in [7, 11) is 0. The van der Waals surface area contributed by atoms with Crippen LogP contribution in [0.4, 0.5) is 17.1 Å². The molecule has 0 N–H and O–H groups in total. The maximum absolute atomic E-state index is 11.0. The van der Waals surface area contributed by atoms with E-state index in [1.54, 1.807) is 29.3 Å². The molecule has 3 aromatic carbocycles. The first-order valence-corrected chi connectivity index (χ1v) is 9.50. The molecule has 0 aliphatic carbocycles. The minimum absolute atomic E-state index is 0.0180. The Bertz CT molecular complexity index is 1040. The number of benzene rings is 3. The predicted octanol–water partition coefficient (Wildman–Crippen LogP) is 5.00. The topological polar surface area (TPSA) is 98.8 Å². The van der Waals surface area contributed by atoms with Gasteiger partial charge in [-0.15, -0.1) is 0 Å². The van der Waals surface area contributed by atoms with Crippen LogP contribution < -0.4 is 5.06 Å².